The van der Waals surface area contributed by atoms with Crippen molar-refractivity contribution >= 4 is 33.3 Å². The van der Waals surface area contributed by atoms with Crippen LogP contribution in [0.4, 0.5) is 10.1 Å². The van der Waals surface area contributed by atoms with Crippen molar-refractivity contribution in [2.75, 3.05) is 11.4 Å². The fourth-order valence-corrected chi connectivity index (χ4v) is 2.09. The molecule has 0 spiro atoms. The summed E-state index contributed by atoms with van der Waals surface area (Å²) in [4.78, 5) is 23.6. The van der Waals surface area contributed by atoms with Crippen LogP contribution in [0.15, 0.2) is 22.7 Å². The highest BCUT2D eigenvalue weighted by Gasteiger charge is 2.31. The van der Waals surface area contributed by atoms with Crippen LogP contribution in [-0.4, -0.2) is 18.2 Å². The van der Waals surface area contributed by atoms with Gasteiger partial charge in [0.05, 0.1) is 18.7 Å². The molecule has 5 heteroatoms. The Balaban J connectivity index is 2.46. The molecule has 1 amide bonds. The van der Waals surface area contributed by atoms with Gasteiger partial charge in [-0.1, -0.05) is 6.07 Å². The summed E-state index contributed by atoms with van der Waals surface area (Å²) in [5, 5.41) is 0. The number of halogens is 2. The number of benzene rings is 1. The Labute approximate surface area is 94.0 Å². The third kappa shape index (κ3) is 1.79. The average Bonchev–Trinajstić information content (AvgIpc) is 2.45. The van der Waals surface area contributed by atoms with Crippen molar-refractivity contribution in [2.45, 2.75) is 6.42 Å². The van der Waals surface area contributed by atoms with Gasteiger partial charge >= 0.3 is 0 Å². The van der Waals surface area contributed by atoms with E-state index in [9.17, 15) is 14.0 Å². The lowest BCUT2D eigenvalue weighted by Gasteiger charge is -2.16. The highest BCUT2D eigenvalue weighted by atomic mass is 79.9. The van der Waals surface area contributed by atoms with Crippen LogP contribution in [0.5, 0.6) is 0 Å². The number of hydrogen-bond donors (Lipinski definition) is 0. The Bertz CT molecular complexity index is 427. The van der Waals surface area contributed by atoms with Crippen LogP contribution in [0.3, 0.4) is 0 Å². The molecule has 1 aliphatic rings. The maximum Gasteiger partial charge on any atom is 0.235 e. The molecular weight excluding hydrogens is 265 g/mol. The number of nitrogens with zero attached hydrogens (tertiary/aromatic N) is 1. The molecule has 78 valence electrons. The first-order valence-electron chi connectivity index (χ1n) is 4.35. The van der Waals surface area contributed by atoms with Crippen molar-refractivity contribution in [1.29, 1.82) is 0 Å². The maximum absolute atomic E-state index is 13.5. The van der Waals surface area contributed by atoms with Crippen molar-refractivity contribution in [3.8, 4) is 0 Å². The summed E-state index contributed by atoms with van der Waals surface area (Å²) >= 11 is 3.16. The van der Waals surface area contributed by atoms with Crippen LogP contribution < -0.4 is 4.90 Å². The fraction of sp³-hybridized carbons (Fsp3) is 0.200. The highest BCUT2D eigenvalue weighted by Crippen LogP contribution is 2.31. The highest BCUT2D eigenvalue weighted by molar-refractivity contribution is 9.10. The van der Waals surface area contributed by atoms with Gasteiger partial charge in [0.15, 0.2) is 5.78 Å². The molecule has 0 aliphatic carbocycles. The van der Waals surface area contributed by atoms with Crippen LogP contribution in [0.2, 0.25) is 0 Å². The van der Waals surface area contributed by atoms with Crippen molar-refractivity contribution in [3.63, 3.8) is 0 Å². The zero-order valence-electron chi connectivity index (χ0n) is 7.67. The number of ketones is 1. The van der Waals surface area contributed by atoms with E-state index >= 15 is 0 Å². The summed E-state index contributed by atoms with van der Waals surface area (Å²) in [6.45, 7) is -0.0433. The smallest absolute Gasteiger partial charge is 0.235 e. The summed E-state index contributed by atoms with van der Waals surface area (Å²) in [6, 6.07) is 4.43. The number of anilines is 1. The molecule has 1 aromatic carbocycles. The van der Waals surface area contributed by atoms with E-state index in [1.807, 2.05) is 0 Å². The van der Waals surface area contributed by atoms with Crippen LogP contribution >= 0.6 is 15.9 Å². The van der Waals surface area contributed by atoms with E-state index in [0.717, 1.165) is 0 Å². The first-order valence-corrected chi connectivity index (χ1v) is 5.15. The quantitative estimate of drug-likeness (QED) is 0.732. The minimum absolute atomic E-state index is 0.0433. The lowest BCUT2D eigenvalue weighted by Crippen LogP contribution is -2.25. The molecule has 0 bridgehead atoms. The molecule has 0 atom stereocenters. The number of hydrogen-bond acceptors (Lipinski definition) is 2. The Kier molecular flexibility index (Phi) is 2.56. The summed E-state index contributed by atoms with van der Waals surface area (Å²) < 4.78 is 13.9. The molecule has 0 aromatic heterocycles. The van der Waals surface area contributed by atoms with E-state index in [4.69, 9.17) is 0 Å². The fourth-order valence-electron chi connectivity index (χ4n) is 1.54. The van der Waals surface area contributed by atoms with Gasteiger partial charge in [0.25, 0.3) is 0 Å². The van der Waals surface area contributed by atoms with Gasteiger partial charge in [-0.2, -0.15) is 0 Å². The predicted octanol–water partition coefficient (Wildman–Crippen LogP) is 1.89. The zero-order valence-corrected chi connectivity index (χ0v) is 9.25. The molecule has 3 nitrogen and oxygen atoms in total. The van der Waals surface area contributed by atoms with E-state index in [-0.39, 0.29) is 30.3 Å². The minimum Gasteiger partial charge on any atom is -0.301 e. The van der Waals surface area contributed by atoms with E-state index in [1.54, 1.807) is 6.07 Å². The molecule has 1 aliphatic heterocycles. The third-order valence-corrected chi connectivity index (χ3v) is 2.83. The molecule has 0 N–H and O–H groups in total. The Morgan fingerprint density at radius 2 is 2.07 bits per heavy atom. The molecular formula is C10H7BrFNO2. The summed E-state index contributed by atoms with van der Waals surface area (Å²) in [5.74, 6) is -1.05. The van der Waals surface area contributed by atoms with Crippen molar-refractivity contribution in [2.24, 2.45) is 0 Å². The lowest BCUT2D eigenvalue weighted by atomic mass is 10.3. The van der Waals surface area contributed by atoms with E-state index in [2.05, 4.69) is 15.9 Å². The van der Waals surface area contributed by atoms with E-state index < -0.39 is 5.82 Å². The van der Waals surface area contributed by atoms with Gasteiger partial charge in [-0.05, 0) is 28.1 Å². The molecule has 0 unspecified atom stereocenters. The van der Waals surface area contributed by atoms with E-state index in [1.165, 1.54) is 17.0 Å². The molecule has 1 saturated heterocycles. The van der Waals surface area contributed by atoms with Gasteiger partial charge in [-0.25, -0.2) is 4.39 Å². The average molecular weight is 272 g/mol. The zero-order chi connectivity index (χ0) is 11.0. The first-order chi connectivity index (χ1) is 7.09. The first kappa shape index (κ1) is 10.3. The predicted molar refractivity (Wildman–Crippen MR) is 56.1 cm³/mol. The monoisotopic (exact) mass is 271 g/mol. The summed E-state index contributed by atoms with van der Waals surface area (Å²) in [5.41, 5.74) is 0.147. The number of amides is 1. The molecule has 2 rings (SSSR count). The number of carbonyl (C=O) groups excluding carboxylic acids is 2. The topological polar surface area (TPSA) is 37.4 Å². The van der Waals surface area contributed by atoms with Crippen molar-refractivity contribution < 1.29 is 14.0 Å². The summed E-state index contributed by atoms with van der Waals surface area (Å²) in [6.07, 6.45) is -0.138. The number of Topliss-reactive ketones (excluding diaryl/α,β-unsaturated/α-hetero) is 1. The minimum atomic E-state index is -0.507. The Morgan fingerprint density at radius 1 is 1.33 bits per heavy atom. The molecule has 0 radical (unpaired) electrons. The second-order valence-electron chi connectivity index (χ2n) is 3.27. The van der Waals surface area contributed by atoms with Gasteiger partial charge in [0, 0.05) is 4.47 Å². The second-order valence-corrected chi connectivity index (χ2v) is 4.12. The Hall–Kier alpha value is -1.23. The largest absolute Gasteiger partial charge is 0.301 e. The number of rotatable bonds is 1. The van der Waals surface area contributed by atoms with E-state index in [0.29, 0.717) is 4.47 Å². The normalized spacial score (nSPS) is 16.3. The molecule has 15 heavy (non-hydrogen) atoms. The van der Waals surface area contributed by atoms with Crippen molar-refractivity contribution in [3.05, 3.63) is 28.5 Å². The van der Waals surface area contributed by atoms with Gasteiger partial charge in [-0.15, -0.1) is 0 Å². The standard InChI is InChI=1S/C10H7BrFNO2/c11-7-2-1-3-8(12)10(7)13-5-6(14)4-9(13)15/h1-3H,4-5H2. The number of para-hydroxylation sites is 1. The van der Waals surface area contributed by atoms with Gasteiger partial charge in [0.2, 0.25) is 5.91 Å². The second kappa shape index (κ2) is 3.73. The van der Waals surface area contributed by atoms with Gasteiger partial charge in [-0.3, -0.25) is 9.59 Å². The molecule has 1 heterocycles. The maximum atomic E-state index is 13.5. The molecule has 1 aromatic rings. The van der Waals surface area contributed by atoms with Crippen LogP contribution in [0.1, 0.15) is 6.42 Å². The van der Waals surface area contributed by atoms with Crippen LogP contribution in [0.25, 0.3) is 0 Å². The van der Waals surface area contributed by atoms with Gasteiger partial charge in [0.1, 0.15) is 5.82 Å². The van der Waals surface area contributed by atoms with Crippen LogP contribution in [-0.2, 0) is 9.59 Å². The third-order valence-electron chi connectivity index (χ3n) is 2.19. The van der Waals surface area contributed by atoms with Gasteiger partial charge < -0.3 is 4.90 Å². The number of carbonyl (C=O) groups is 2. The Morgan fingerprint density at radius 3 is 2.60 bits per heavy atom. The van der Waals surface area contributed by atoms with Crippen LogP contribution in [0, 0.1) is 5.82 Å². The molecule has 0 saturated carbocycles. The molecule has 1 fully saturated rings. The summed E-state index contributed by atoms with van der Waals surface area (Å²) in [7, 11) is 0. The van der Waals surface area contributed by atoms with Crippen molar-refractivity contribution in [1.82, 2.24) is 0 Å². The SMILES string of the molecule is O=C1CC(=O)N(c2c(F)cccc2Br)C1. The lowest BCUT2D eigenvalue weighted by molar-refractivity contribution is -0.121.